The maximum atomic E-state index is 11.1. The average molecular weight is 192 g/mol. The van der Waals surface area contributed by atoms with Gasteiger partial charge in [-0.2, -0.15) is 0 Å². The Bertz CT molecular complexity index is 354. The second kappa shape index (κ2) is 4.27. The van der Waals surface area contributed by atoms with Crippen molar-refractivity contribution in [1.29, 1.82) is 0 Å². The summed E-state index contributed by atoms with van der Waals surface area (Å²) in [6.07, 6.45) is 1.68. The van der Waals surface area contributed by atoms with Crippen LogP contribution in [-0.4, -0.2) is 11.1 Å². The van der Waals surface area contributed by atoms with Crippen LogP contribution in [0.1, 0.15) is 40.9 Å². The standard InChI is InChI=1S/C12H16O2/c1-4-9-7-6-8(3)11(12(13)14)10(9)5-2/h6-7H,4-5H2,1-3H3,(H,13,14). The van der Waals surface area contributed by atoms with E-state index in [9.17, 15) is 4.79 Å². The average Bonchev–Trinajstić information content (AvgIpc) is 2.16. The van der Waals surface area contributed by atoms with Crippen molar-refractivity contribution in [1.82, 2.24) is 0 Å². The van der Waals surface area contributed by atoms with Gasteiger partial charge in [-0.3, -0.25) is 0 Å². The topological polar surface area (TPSA) is 37.3 Å². The zero-order valence-corrected chi connectivity index (χ0v) is 8.92. The summed E-state index contributed by atoms with van der Waals surface area (Å²) in [6, 6.07) is 3.92. The highest BCUT2D eigenvalue weighted by molar-refractivity contribution is 5.91. The molecular weight excluding hydrogens is 176 g/mol. The van der Waals surface area contributed by atoms with Crippen LogP contribution in [0.2, 0.25) is 0 Å². The van der Waals surface area contributed by atoms with Crippen molar-refractivity contribution >= 4 is 5.97 Å². The summed E-state index contributed by atoms with van der Waals surface area (Å²) in [5.41, 5.74) is 3.48. The number of carbonyl (C=O) groups is 1. The van der Waals surface area contributed by atoms with Crippen molar-refractivity contribution in [3.05, 3.63) is 34.4 Å². The molecule has 0 aliphatic heterocycles. The van der Waals surface area contributed by atoms with E-state index in [1.54, 1.807) is 0 Å². The highest BCUT2D eigenvalue weighted by Gasteiger charge is 2.14. The molecule has 1 aromatic carbocycles. The van der Waals surface area contributed by atoms with Gasteiger partial charge < -0.3 is 5.11 Å². The predicted octanol–water partition coefficient (Wildman–Crippen LogP) is 2.82. The number of benzene rings is 1. The maximum absolute atomic E-state index is 11.1. The van der Waals surface area contributed by atoms with Gasteiger partial charge in [-0.05, 0) is 36.5 Å². The molecule has 0 aromatic heterocycles. The van der Waals surface area contributed by atoms with Gasteiger partial charge in [0, 0.05) is 0 Å². The van der Waals surface area contributed by atoms with Crippen molar-refractivity contribution < 1.29 is 9.90 Å². The highest BCUT2D eigenvalue weighted by atomic mass is 16.4. The minimum Gasteiger partial charge on any atom is -0.478 e. The lowest BCUT2D eigenvalue weighted by atomic mass is 9.93. The first-order valence-corrected chi connectivity index (χ1v) is 4.96. The van der Waals surface area contributed by atoms with Gasteiger partial charge in [0.15, 0.2) is 0 Å². The fourth-order valence-electron chi connectivity index (χ4n) is 1.84. The molecule has 0 saturated carbocycles. The maximum Gasteiger partial charge on any atom is 0.336 e. The molecule has 76 valence electrons. The number of aryl methyl sites for hydroxylation is 2. The van der Waals surface area contributed by atoms with Crippen LogP contribution >= 0.6 is 0 Å². The van der Waals surface area contributed by atoms with Gasteiger partial charge in [0.2, 0.25) is 0 Å². The number of hydrogen-bond donors (Lipinski definition) is 1. The predicted molar refractivity (Wildman–Crippen MR) is 56.9 cm³/mol. The Balaban J connectivity index is 3.42. The SMILES string of the molecule is CCc1ccc(C)c(C(=O)O)c1CC. The summed E-state index contributed by atoms with van der Waals surface area (Å²) in [7, 11) is 0. The van der Waals surface area contributed by atoms with Gasteiger partial charge in [-0.25, -0.2) is 4.79 Å². The number of rotatable bonds is 3. The van der Waals surface area contributed by atoms with Crippen LogP contribution < -0.4 is 0 Å². The third-order valence-electron chi connectivity index (χ3n) is 2.57. The minimum atomic E-state index is -0.811. The molecule has 0 amide bonds. The molecule has 0 bridgehead atoms. The Morgan fingerprint density at radius 1 is 1.29 bits per heavy atom. The van der Waals surface area contributed by atoms with Gasteiger partial charge in [0.1, 0.15) is 0 Å². The Kier molecular flexibility index (Phi) is 3.28. The Labute approximate surface area is 84.6 Å². The third-order valence-corrected chi connectivity index (χ3v) is 2.57. The van der Waals surface area contributed by atoms with E-state index in [2.05, 4.69) is 6.92 Å². The molecule has 0 aliphatic carbocycles. The van der Waals surface area contributed by atoms with Crippen molar-refractivity contribution in [3.63, 3.8) is 0 Å². The first-order chi connectivity index (χ1) is 6.61. The van der Waals surface area contributed by atoms with Crippen LogP contribution in [0.4, 0.5) is 0 Å². The van der Waals surface area contributed by atoms with Gasteiger partial charge in [0.05, 0.1) is 5.56 Å². The van der Waals surface area contributed by atoms with Gasteiger partial charge in [-0.15, -0.1) is 0 Å². The molecule has 1 N–H and O–H groups in total. The smallest absolute Gasteiger partial charge is 0.336 e. The molecule has 0 saturated heterocycles. The van der Waals surface area contributed by atoms with Crippen molar-refractivity contribution in [2.45, 2.75) is 33.6 Å². The van der Waals surface area contributed by atoms with Gasteiger partial charge in [-0.1, -0.05) is 26.0 Å². The number of carboxylic acid groups (broad SMARTS) is 1. The van der Waals surface area contributed by atoms with E-state index in [4.69, 9.17) is 5.11 Å². The third kappa shape index (κ3) is 1.79. The van der Waals surface area contributed by atoms with E-state index >= 15 is 0 Å². The lowest BCUT2D eigenvalue weighted by Crippen LogP contribution is -2.07. The lowest BCUT2D eigenvalue weighted by Gasteiger charge is -2.11. The van der Waals surface area contributed by atoms with Crippen molar-refractivity contribution in [2.75, 3.05) is 0 Å². The summed E-state index contributed by atoms with van der Waals surface area (Å²) in [5.74, 6) is -0.811. The molecule has 1 rings (SSSR count). The lowest BCUT2D eigenvalue weighted by molar-refractivity contribution is 0.0695. The summed E-state index contributed by atoms with van der Waals surface area (Å²) in [5, 5.41) is 9.10. The summed E-state index contributed by atoms with van der Waals surface area (Å²) in [6.45, 7) is 5.90. The van der Waals surface area contributed by atoms with Crippen LogP contribution in [0, 0.1) is 6.92 Å². The molecule has 0 atom stereocenters. The van der Waals surface area contributed by atoms with E-state index < -0.39 is 5.97 Å². The molecule has 0 heterocycles. The van der Waals surface area contributed by atoms with Crippen LogP contribution in [0.25, 0.3) is 0 Å². The van der Waals surface area contributed by atoms with E-state index in [1.165, 1.54) is 0 Å². The highest BCUT2D eigenvalue weighted by Crippen LogP contribution is 2.20. The summed E-state index contributed by atoms with van der Waals surface area (Å²) < 4.78 is 0. The molecule has 0 unspecified atom stereocenters. The van der Waals surface area contributed by atoms with Gasteiger partial charge in [0.25, 0.3) is 0 Å². The normalized spacial score (nSPS) is 10.2. The number of carboxylic acids is 1. The van der Waals surface area contributed by atoms with E-state index in [1.807, 2.05) is 26.0 Å². The monoisotopic (exact) mass is 192 g/mol. The Morgan fingerprint density at radius 2 is 1.93 bits per heavy atom. The van der Waals surface area contributed by atoms with Crippen LogP contribution in [0.5, 0.6) is 0 Å². The second-order valence-electron chi connectivity index (χ2n) is 3.41. The molecule has 0 spiro atoms. The zero-order chi connectivity index (χ0) is 10.7. The molecule has 0 aliphatic rings. The van der Waals surface area contributed by atoms with E-state index in [0.29, 0.717) is 5.56 Å². The fourth-order valence-corrected chi connectivity index (χ4v) is 1.84. The van der Waals surface area contributed by atoms with Crippen LogP contribution in [0.15, 0.2) is 12.1 Å². The molecular formula is C12H16O2. The quantitative estimate of drug-likeness (QED) is 0.799. The van der Waals surface area contributed by atoms with E-state index in [-0.39, 0.29) is 0 Å². The fraction of sp³-hybridized carbons (Fsp3) is 0.417. The zero-order valence-electron chi connectivity index (χ0n) is 8.92. The number of aromatic carboxylic acids is 1. The van der Waals surface area contributed by atoms with E-state index in [0.717, 1.165) is 29.5 Å². The van der Waals surface area contributed by atoms with Crippen LogP contribution in [-0.2, 0) is 12.8 Å². The second-order valence-corrected chi connectivity index (χ2v) is 3.41. The first-order valence-electron chi connectivity index (χ1n) is 4.96. The molecule has 14 heavy (non-hydrogen) atoms. The van der Waals surface area contributed by atoms with Crippen molar-refractivity contribution in [3.8, 4) is 0 Å². The molecule has 2 nitrogen and oxygen atoms in total. The summed E-state index contributed by atoms with van der Waals surface area (Å²) in [4.78, 5) is 11.1. The van der Waals surface area contributed by atoms with Crippen molar-refractivity contribution in [2.24, 2.45) is 0 Å². The molecule has 2 heteroatoms. The van der Waals surface area contributed by atoms with Crippen LogP contribution in [0.3, 0.4) is 0 Å². The summed E-state index contributed by atoms with van der Waals surface area (Å²) >= 11 is 0. The minimum absolute atomic E-state index is 0.492. The molecule has 0 fully saturated rings. The Morgan fingerprint density at radius 3 is 2.36 bits per heavy atom. The van der Waals surface area contributed by atoms with Gasteiger partial charge >= 0.3 is 5.97 Å². The Hall–Kier alpha value is -1.31. The largest absolute Gasteiger partial charge is 0.478 e. The number of hydrogen-bond acceptors (Lipinski definition) is 1. The first kappa shape index (κ1) is 10.8. The molecule has 1 aromatic rings. The molecule has 0 radical (unpaired) electrons.